The van der Waals surface area contributed by atoms with Crippen molar-refractivity contribution in [1.29, 1.82) is 0 Å². The topological polar surface area (TPSA) is 130 Å². The molecular weight excluding hydrogens is 251 g/mol. The molecule has 0 aliphatic rings. The standard InChI is InChI=1S/C4H5FN4O4S2/c5-4-6-1-2(8-14(10)11)3(7-4)9-15(12)13/h1,8H,(H,10,11)(H,12,13)(H,6,7,9)/p-2. The van der Waals surface area contributed by atoms with Gasteiger partial charge in [-0.05, 0) is 0 Å². The molecule has 2 atom stereocenters. The van der Waals surface area contributed by atoms with Crippen LogP contribution in [0.25, 0.3) is 0 Å². The van der Waals surface area contributed by atoms with Crippen LogP contribution in [0.3, 0.4) is 0 Å². The van der Waals surface area contributed by atoms with Crippen molar-refractivity contribution in [2.75, 3.05) is 9.44 Å². The second kappa shape index (κ2) is 5.06. The average Bonchev–Trinajstić information content (AvgIpc) is 2.08. The Bertz CT molecular complexity index is 416. The molecule has 0 saturated carbocycles. The van der Waals surface area contributed by atoms with Gasteiger partial charge < -0.3 is 13.8 Å². The predicted octanol–water partition coefficient (Wildman–Crippen LogP) is -0.972. The lowest BCUT2D eigenvalue weighted by Gasteiger charge is -2.14. The van der Waals surface area contributed by atoms with E-state index in [0.717, 1.165) is 6.20 Å². The van der Waals surface area contributed by atoms with E-state index >= 15 is 0 Å². The van der Waals surface area contributed by atoms with Crippen molar-refractivity contribution in [3.63, 3.8) is 0 Å². The Labute approximate surface area is 88.2 Å². The monoisotopic (exact) mass is 254 g/mol. The number of anilines is 2. The van der Waals surface area contributed by atoms with Crippen LogP contribution in [0.5, 0.6) is 0 Å². The first-order chi connectivity index (χ1) is 6.99. The molecule has 0 amide bonds. The molecule has 1 rings (SSSR count). The first-order valence-corrected chi connectivity index (χ1v) is 5.38. The lowest BCUT2D eigenvalue weighted by molar-refractivity contribution is 0.534. The summed E-state index contributed by atoms with van der Waals surface area (Å²) in [5, 5.41) is 0. The summed E-state index contributed by atoms with van der Waals surface area (Å²) in [6, 6.07) is 0. The SMILES string of the molecule is O=S([O-])Nc1cnc(F)nc1NS(=O)[O-]. The van der Waals surface area contributed by atoms with Gasteiger partial charge in [0.05, 0.1) is 6.20 Å². The molecule has 1 aromatic heterocycles. The first kappa shape index (κ1) is 11.9. The minimum Gasteiger partial charge on any atom is -0.755 e. The minimum atomic E-state index is -2.75. The quantitative estimate of drug-likeness (QED) is 0.525. The van der Waals surface area contributed by atoms with E-state index in [0.29, 0.717) is 0 Å². The molecule has 0 fully saturated rings. The predicted molar refractivity (Wildman–Crippen MR) is 47.1 cm³/mol. The van der Waals surface area contributed by atoms with E-state index in [1.165, 1.54) is 0 Å². The molecule has 8 nitrogen and oxygen atoms in total. The van der Waals surface area contributed by atoms with E-state index in [2.05, 4.69) is 9.97 Å². The smallest absolute Gasteiger partial charge is 0.310 e. The molecule has 0 saturated heterocycles. The summed E-state index contributed by atoms with van der Waals surface area (Å²) >= 11 is -5.44. The van der Waals surface area contributed by atoms with E-state index in [4.69, 9.17) is 0 Å². The van der Waals surface area contributed by atoms with Crippen LogP contribution in [0.1, 0.15) is 0 Å². The van der Waals surface area contributed by atoms with Gasteiger partial charge in [-0.3, -0.25) is 13.1 Å². The molecule has 0 aromatic carbocycles. The Morgan fingerprint density at radius 2 is 1.87 bits per heavy atom. The molecule has 11 heteroatoms. The largest absolute Gasteiger partial charge is 0.755 e. The van der Waals surface area contributed by atoms with E-state index in [1.54, 1.807) is 9.44 Å². The molecule has 0 aliphatic heterocycles. The fraction of sp³-hybridized carbons (Fsp3) is 0. The van der Waals surface area contributed by atoms with E-state index in [9.17, 15) is 21.9 Å². The van der Waals surface area contributed by atoms with Crippen molar-refractivity contribution >= 4 is 34.0 Å². The lowest BCUT2D eigenvalue weighted by Crippen LogP contribution is -2.11. The van der Waals surface area contributed by atoms with E-state index in [1.807, 2.05) is 0 Å². The number of rotatable bonds is 4. The normalized spacial score (nSPS) is 14.3. The number of hydrogen-bond acceptors (Lipinski definition) is 6. The number of nitrogens with one attached hydrogen (secondary N) is 2. The number of aromatic nitrogens is 2. The summed E-state index contributed by atoms with van der Waals surface area (Å²) in [5.41, 5.74) is -0.283. The molecule has 1 aromatic rings. The van der Waals surface area contributed by atoms with Gasteiger partial charge in [-0.2, -0.15) is 9.37 Å². The van der Waals surface area contributed by atoms with Crippen molar-refractivity contribution in [2.45, 2.75) is 0 Å². The second-order valence-corrected chi connectivity index (χ2v) is 3.42. The summed E-state index contributed by atoms with van der Waals surface area (Å²) < 4.78 is 57.0. The Hall–Kier alpha value is -1.17. The Kier molecular flexibility index (Phi) is 4.02. The van der Waals surface area contributed by atoms with Gasteiger partial charge in [0.1, 0.15) is 5.69 Å². The highest BCUT2D eigenvalue weighted by Gasteiger charge is 2.06. The van der Waals surface area contributed by atoms with Crippen molar-refractivity contribution in [3.05, 3.63) is 12.3 Å². The van der Waals surface area contributed by atoms with Crippen molar-refractivity contribution < 1.29 is 21.9 Å². The van der Waals surface area contributed by atoms with Crippen LogP contribution in [0, 0.1) is 6.08 Å². The zero-order valence-electron chi connectivity index (χ0n) is 6.80. The third-order valence-electron chi connectivity index (χ3n) is 1.13. The van der Waals surface area contributed by atoms with E-state index < -0.39 is 34.4 Å². The number of nitrogens with zero attached hydrogens (tertiary/aromatic N) is 2. The molecule has 0 spiro atoms. The van der Waals surface area contributed by atoms with Crippen LogP contribution in [0.15, 0.2) is 6.20 Å². The van der Waals surface area contributed by atoms with Crippen LogP contribution in [-0.4, -0.2) is 27.5 Å². The average molecular weight is 254 g/mol. The number of halogens is 1. The molecule has 15 heavy (non-hydrogen) atoms. The fourth-order valence-electron chi connectivity index (χ4n) is 0.682. The molecule has 0 radical (unpaired) electrons. The van der Waals surface area contributed by atoms with Crippen LogP contribution >= 0.6 is 0 Å². The number of hydrogen-bond donors (Lipinski definition) is 2. The maximum absolute atomic E-state index is 12.5. The van der Waals surface area contributed by atoms with Crippen LogP contribution in [-0.2, 0) is 22.5 Å². The molecule has 2 unspecified atom stereocenters. The van der Waals surface area contributed by atoms with Crippen molar-refractivity contribution in [2.24, 2.45) is 0 Å². The Morgan fingerprint density at radius 1 is 1.27 bits per heavy atom. The minimum absolute atomic E-state index is 0.283. The van der Waals surface area contributed by atoms with Gasteiger partial charge in [0.15, 0.2) is 5.82 Å². The molecule has 84 valence electrons. The van der Waals surface area contributed by atoms with Crippen molar-refractivity contribution in [1.82, 2.24) is 9.97 Å². The molecule has 0 bridgehead atoms. The van der Waals surface area contributed by atoms with Crippen LogP contribution in [0.2, 0.25) is 0 Å². The first-order valence-electron chi connectivity index (χ1n) is 3.23. The van der Waals surface area contributed by atoms with Crippen LogP contribution in [0.4, 0.5) is 15.9 Å². The summed E-state index contributed by atoms with van der Waals surface area (Å²) in [6.45, 7) is 0. The molecule has 1 heterocycles. The van der Waals surface area contributed by atoms with Crippen LogP contribution < -0.4 is 9.44 Å². The van der Waals surface area contributed by atoms with Gasteiger partial charge in [-0.25, -0.2) is 4.98 Å². The van der Waals surface area contributed by atoms with E-state index in [-0.39, 0.29) is 5.69 Å². The summed E-state index contributed by atoms with van der Waals surface area (Å²) in [4.78, 5) is 6.09. The molecule has 0 aliphatic carbocycles. The Morgan fingerprint density at radius 3 is 2.40 bits per heavy atom. The zero-order chi connectivity index (χ0) is 11.4. The fourth-order valence-corrected chi connectivity index (χ4v) is 1.32. The highest BCUT2D eigenvalue weighted by atomic mass is 32.2. The maximum Gasteiger partial charge on any atom is 0.310 e. The maximum atomic E-state index is 12.5. The summed E-state index contributed by atoms with van der Waals surface area (Å²) in [5.74, 6) is -0.500. The highest BCUT2D eigenvalue weighted by Crippen LogP contribution is 2.17. The van der Waals surface area contributed by atoms with Gasteiger partial charge in [0.25, 0.3) is 0 Å². The van der Waals surface area contributed by atoms with Gasteiger partial charge in [0, 0.05) is 22.5 Å². The van der Waals surface area contributed by atoms with Gasteiger partial charge >= 0.3 is 6.08 Å². The highest BCUT2D eigenvalue weighted by molar-refractivity contribution is 7.81. The second-order valence-electron chi connectivity index (χ2n) is 2.07. The molecular formula is C4H3FN4O4S2-2. The van der Waals surface area contributed by atoms with Gasteiger partial charge in [-0.1, -0.05) is 0 Å². The summed E-state index contributed by atoms with van der Waals surface area (Å²) in [7, 11) is 0. The summed E-state index contributed by atoms with van der Waals surface area (Å²) in [6.07, 6.45) is -0.405. The van der Waals surface area contributed by atoms with Gasteiger partial charge in [0.2, 0.25) is 0 Å². The Balaban J connectivity index is 3.02. The molecule has 2 N–H and O–H groups in total. The van der Waals surface area contributed by atoms with Crippen molar-refractivity contribution in [3.8, 4) is 0 Å². The third kappa shape index (κ3) is 3.83. The lowest BCUT2D eigenvalue weighted by atomic mass is 10.5. The third-order valence-corrected chi connectivity index (χ3v) is 1.88. The zero-order valence-corrected chi connectivity index (χ0v) is 8.43. The van der Waals surface area contributed by atoms with Gasteiger partial charge in [-0.15, -0.1) is 0 Å².